The van der Waals surface area contributed by atoms with E-state index in [0.29, 0.717) is 45.6 Å². The van der Waals surface area contributed by atoms with Crippen LogP contribution in [0.15, 0.2) is 60.7 Å². The van der Waals surface area contributed by atoms with Crippen molar-refractivity contribution in [2.45, 2.75) is 20.8 Å². The fourth-order valence-corrected chi connectivity index (χ4v) is 4.28. The number of anilines is 2. The molecule has 0 aliphatic heterocycles. The second-order valence-electron chi connectivity index (χ2n) is 8.12. The quantitative estimate of drug-likeness (QED) is 0.345. The van der Waals surface area contributed by atoms with Gasteiger partial charge in [0.15, 0.2) is 0 Å². The van der Waals surface area contributed by atoms with Crippen LogP contribution in [-0.2, 0) is 0 Å². The Hall–Kier alpha value is -3.06. The lowest BCUT2D eigenvalue weighted by atomic mass is 9.93. The van der Waals surface area contributed by atoms with Gasteiger partial charge in [0.1, 0.15) is 0 Å². The van der Waals surface area contributed by atoms with Crippen molar-refractivity contribution in [3.05, 3.63) is 81.8 Å². The van der Waals surface area contributed by atoms with Gasteiger partial charge in [-0.15, -0.1) is 0 Å². The van der Waals surface area contributed by atoms with Gasteiger partial charge in [0.2, 0.25) is 5.91 Å². The zero-order valence-corrected chi connectivity index (χ0v) is 21.7. The first-order valence-corrected chi connectivity index (χ1v) is 12.3. The summed E-state index contributed by atoms with van der Waals surface area (Å²) in [5, 5.41) is 4.14. The number of carbonyl (C=O) groups is 2. The molecule has 0 aliphatic rings. The number of hydrogen-bond acceptors (Lipinski definition) is 3. The second-order valence-corrected chi connectivity index (χ2v) is 8.99. The summed E-state index contributed by atoms with van der Waals surface area (Å²) < 4.78 is 0. The molecule has 0 aliphatic carbocycles. The molecule has 3 rings (SSSR count). The summed E-state index contributed by atoms with van der Waals surface area (Å²) in [5.74, 6) is -0.537. The maximum atomic E-state index is 13.5. The first-order valence-electron chi connectivity index (χ1n) is 11.5. The summed E-state index contributed by atoms with van der Waals surface area (Å²) in [5.41, 5.74) is 9.67. The van der Waals surface area contributed by atoms with Gasteiger partial charge in [-0.25, -0.2) is 4.79 Å². The zero-order chi connectivity index (χ0) is 25.5. The predicted octanol–water partition coefficient (Wildman–Crippen LogP) is 6.45. The van der Waals surface area contributed by atoms with Gasteiger partial charge in [0.25, 0.3) is 0 Å². The van der Waals surface area contributed by atoms with Gasteiger partial charge in [-0.1, -0.05) is 49.2 Å². The van der Waals surface area contributed by atoms with Crippen molar-refractivity contribution in [3.63, 3.8) is 0 Å². The Kier molecular flexibility index (Phi) is 9.15. The standard InChI is InChI=1S/C27H30Cl2N4O2/c1-4-32(5-2)16-17-33(27(35)31-22-12-10-21(29)11-13-22)24-15-14-23(26(30)34)25(18(24)3)19-6-8-20(28)9-7-19/h6-15H,4-5,16-17H2,1-3H3,(H2,30,34)(H,31,35). The Morgan fingerprint density at radius 1 is 0.857 bits per heavy atom. The number of amides is 3. The summed E-state index contributed by atoms with van der Waals surface area (Å²) >= 11 is 12.1. The number of benzene rings is 3. The van der Waals surface area contributed by atoms with Crippen LogP contribution in [0.5, 0.6) is 0 Å². The van der Waals surface area contributed by atoms with E-state index in [1.54, 1.807) is 53.4 Å². The molecule has 0 unspecified atom stereocenters. The van der Waals surface area contributed by atoms with Gasteiger partial charge in [-0.05, 0) is 85.2 Å². The fraction of sp³-hybridized carbons (Fsp3) is 0.259. The van der Waals surface area contributed by atoms with E-state index in [9.17, 15) is 9.59 Å². The van der Waals surface area contributed by atoms with E-state index in [-0.39, 0.29) is 6.03 Å². The molecule has 0 saturated carbocycles. The minimum absolute atomic E-state index is 0.281. The van der Waals surface area contributed by atoms with Crippen LogP contribution in [0.3, 0.4) is 0 Å². The number of urea groups is 1. The highest BCUT2D eigenvalue weighted by Gasteiger charge is 2.23. The summed E-state index contributed by atoms with van der Waals surface area (Å²) in [6.45, 7) is 8.97. The normalized spacial score (nSPS) is 10.9. The van der Waals surface area contributed by atoms with Crippen LogP contribution in [0.2, 0.25) is 10.0 Å². The smallest absolute Gasteiger partial charge is 0.326 e. The van der Waals surface area contributed by atoms with Crippen LogP contribution in [0.1, 0.15) is 29.8 Å². The van der Waals surface area contributed by atoms with E-state index in [1.165, 1.54) is 0 Å². The highest BCUT2D eigenvalue weighted by Crippen LogP contribution is 2.35. The molecular formula is C27H30Cl2N4O2. The molecule has 0 saturated heterocycles. The first kappa shape index (κ1) is 26.5. The van der Waals surface area contributed by atoms with Gasteiger partial charge in [0, 0.05) is 40.1 Å². The largest absolute Gasteiger partial charge is 0.366 e. The molecule has 3 aromatic rings. The van der Waals surface area contributed by atoms with Gasteiger partial charge >= 0.3 is 6.03 Å². The van der Waals surface area contributed by atoms with Crippen molar-refractivity contribution in [2.75, 3.05) is 36.4 Å². The lowest BCUT2D eigenvalue weighted by Crippen LogP contribution is -2.41. The van der Waals surface area contributed by atoms with Crippen LogP contribution >= 0.6 is 23.2 Å². The molecule has 0 bridgehead atoms. The number of nitrogens with one attached hydrogen (secondary N) is 1. The molecule has 6 nitrogen and oxygen atoms in total. The number of halogens is 2. The van der Waals surface area contributed by atoms with Crippen molar-refractivity contribution in [2.24, 2.45) is 5.73 Å². The number of primary amides is 1. The van der Waals surface area contributed by atoms with Crippen molar-refractivity contribution < 1.29 is 9.59 Å². The third-order valence-electron chi connectivity index (χ3n) is 6.00. The third-order valence-corrected chi connectivity index (χ3v) is 6.50. The monoisotopic (exact) mass is 512 g/mol. The molecule has 0 heterocycles. The fourth-order valence-electron chi connectivity index (χ4n) is 4.02. The maximum absolute atomic E-state index is 13.5. The molecule has 0 aromatic heterocycles. The Bertz CT molecular complexity index is 1180. The van der Waals surface area contributed by atoms with Gasteiger partial charge < -0.3 is 16.0 Å². The molecule has 0 radical (unpaired) electrons. The topological polar surface area (TPSA) is 78.7 Å². The van der Waals surface area contributed by atoms with Crippen molar-refractivity contribution in [1.29, 1.82) is 0 Å². The average molecular weight is 513 g/mol. The summed E-state index contributed by atoms with van der Waals surface area (Å²) in [4.78, 5) is 29.7. The second kappa shape index (κ2) is 12.1. The summed E-state index contributed by atoms with van der Waals surface area (Å²) in [6.07, 6.45) is 0. The van der Waals surface area contributed by atoms with Crippen LogP contribution in [0.4, 0.5) is 16.2 Å². The van der Waals surface area contributed by atoms with E-state index in [2.05, 4.69) is 24.1 Å². The average Bonchev–Trinajstić information content (AvgIpc) is 2.84. The van der Waals surface area contributed by atoms with Crippen LogP contribution < -0.4 is 16.0 Å². The Morgan fingerprint density at radius 3 is 1.97 bits per heavy atom. The van der Waals surface area contributed by atoms with E-state index in [0.717, 1.165) is 24.2 Å². The lowest BCUT2D eigenvalue weighted by molar-refractivity contribution is 0.100. The van der Waals surface area contributed by atoms with Gasteiger partial charge in [-0.3, -0.25) is 9.69 Å². The van der Waals surface area contributed by atoms with Crippen molar-refractivity contribution in [3.8, 4) is 11.1 Å². The summed E-state index contributed by atoms with van der Waals surface area (Å²) in [6, 6.07) is 17.3. The molecule has 184 valence electrons. The number of carbonyl (C=O) groups excluding carboxylic acids is 2. The van der Waals surface area contributed by atoms with Gasteiger partial charge in [-0.2, -0.15) is 0 Å². The summed E-state index contributed by atoms with van der Waals surface area (Å²) in [7, 11) is 0. The SMILES string of the molecule is CCN(CC)CCN(C(=O)Nc1ccc(Cl)cc1)c1ccc(C(N)=O)c(-c2ccc(Cl)cc2)c1C. The molecule has 0 spiro atoms. The highest BCUT2D eigenvalue weighted by molar-refractivity contribution is 6.31. The number of likely N-dealkylation sites (N-methyl/N-ethyl adjacent to an activating group) is 1. The molecule has 8 heteroatoms. The molecule has 0 atom stereocenters. The van der Waals surface area contributed by atoms with E-state index in [4.69, 9.17) is 28.9 Å². The Balaban J connectivity index is 2.07. The molecule has 35 heavy (non-hydrogen) atoms. The van der Waals surface area contributed by atoms with E-state index in [1.807, 2.05) is 19.1 Å². The number of nitrogens with zero attached hydrogens (tertiary/aromatic N) is 2. The third kappa shape index (κ3) is 6.54. The van der Waals surface area contributed by atoms with Crippen LogP contribution in [0.25, 0.3) is 11.1 Å². The first-order chi connectivity index (χ1) is 16.7. The Morgan fingerprint density at radius 2 is 1.43 bits per heavy atom. The predicted molar refractivity (Wildman–Crippen MR) is 146 cm³/mol. The number of hydrogen-bond donors (Lipinski definition) is 2. The lowest BCUT2D eigenvalue weighted by Gasteiger charge is -2.29. The highest BCUT2D eigenvalue weighted by atomic mass is 35.5. The van der Waals surface area contributed by atoms with Crippen molar-refractivity contribution in [1.82, 2.24) is 4.90 Å². The van der Waals surface area contributed by atoms with E-state index < -0.39 is 5.91 Å². The minimum Gasteiger partial charge on any atom is -0.366 e. The minimum atomic E-state index is -0.537. The number of nitrogens with two attached hydrogens (primary N) is 1. The Labute approximate surface area is 216 Å². The molecule has 3 aromatic carbocycles. The molecular weight excluding hydrogens is 483 g/mol. The zero-order valence-electron chi connectivity index (χ0n) is 20.1. The molecule has 3 N–H and O–H groups in total. The van der Waals surface area contributed by atoms with Gasteiger partial charge in [0.05, 0.1) is 0 Å². The molecule has 3 amide bonds. The maximum Gasteiger partial charge on any atom is 0.326 e. The van der Waals surface area contributed by atoms with Crippen LogP contribution in [0, 0.1) is 6.92 Å². The van der Waals surface area contributed by atoms with E-state index >= 15 is 0 Å². The van der Waals surface area contributed by atoms with Crippen LogP contribution in [-0.4, -0.2) is 43.0 Å². The molecule has 0 fully saturated rings. The number of rotatable bonds is 9. The van der Waals surface area contributed by atoms with Crippen molar-refractivity contribution >= 4 is 46.5 Å².